The maximum absolute atomic E-state index is 12.2. The highest BCUT2D eigenvalue weighted by Crippen LogP contribution is 2.13. The van der Waals surface area contributed by atoms with Crippen molar-refractivity contribution in [2.24, 2.45) is 0 Å². The minimum absolute atomic E-state index is 0. The summed E-state index contributed by atoms with van der Waals surface area (Å²) in [6.45, 7) is 0.553. The van der Waals surface area contributed by atoms with Crippen molar-refractivity contribution in [3.63, 3.8) is 0 Å². The van der Waals surface area contributed by atoms with Gasteiger partial charge in [-0.2, -0.15) is 0 Å². The number of hydrogen-bond acceptors (Lipinski definition) is 4. The lowest BCUT2D eigenvalue weighted by Gasteiger charge is -2.17. The van der Waals surface area contributed by atoms with Gasteiger partial charge >= 0.3 is 0 Å². The van der Waals surface area contributed by atoms with E-state index in [1.807, 2.05) is 24.3 Å². The number of likely N-dealkylation sites (N-methyl/N-ethyl adjacent to an activating group) is 1. The molecule has 1 aromatic heterocycles. The van der Waals surface area contributed by atoms with Gasteiger partial charge in [-0.05, 0) is 29.8 Å². The van der Waals surface area contributed by atoms with Crippen molar-refractivity contribution < 1.29 is 9.53 Å². The molecule has 0 fully saturated rings. The molecule has 2 rings (SSSR count). The lowest BCUT2D eigenvalue weighted by atomic mass is 10.2. The largest absolute Gasteiger partial charge is 0.497 e. The van der Waals surface area contributed by atoms with Gasteiger partial charge in [0.25, 0.3) is 0 Å². The summed E-state index contributed by atoms with van der Waals surface area (Å²) in [5.74, 6) is 0.821. The fraction of sp³-hybridized carbons (Fsp3) is 0.250. The molecule has 5 nitrogen and oxygen atoms in total. The molecule has 2 N–H and O–H groups in total. The Hall–Kier alpha value is -2.27. The second kappa shape index (κ2) is 8.24. The van der Waals surface area contributed by atoms with Crippen LogP contribution in [0.15, 0.2) is 42.6 Å². The van der Waals surface area contributed by atoms with Crippen LogP contribution in [0.1, 0.15) is 11.3 Å². The third-order valence-corrected chi connectivity index (χ3v) is 3.18. The third kappa shape index (κ3) is 4.93. The van der Waals surface area contributed by atoms with Gasteiger partial charge in [0.15, 0.2) is 0 Å². The molecule has 0 saturated heterocycles. The zero-order chi connectivity index (χ0) is 15.2. The Labute approximate surface area is 136 Å². The number of rotatable bonds is 5. The van der Waals surface area contributed by atoms with Gasteiger partial charge in [-0.25, -0.2) is 0 Å². The molecule has 118 valence electrons. The van der Waals surface area contributed by atoms with Crippen LogP contribution < -0.4 is 10.5 Å². The van der Waals surface area contributed by atoms with Crippen LogP contribution in [-0.4, -0.2) is 29.9 Å². The number of anilines is 1. The molecule has 0 aliphatic rings. The van der Waals surface area contributed by atoms with E-state index in [1.165, 1.54) is 0 Å². The lowest BCUT2D eigenvalue weighted by Crippen LogP contribution is -2.28. The maximum atomic E-state index is 12.2. The molecule has 1 amide bonds. The number of halogens is 1. The minimum atomic E-state index is 0. The second-order valence-electron chi connectivity index (χ2n) is 4.86. The first-order valence-corrected chi connectivity index (χ1v) is 6.66. The minimum Gasteiger partial charge on any atom is -0.497 e. The van der Waals surface area contributed by atoms with E-state index in [2.05, 4.69) is 4.98 Å². The molecule has 0 radical (unpaired) electrons. The van der Waals surface area contributed by atoms with E-state index in [0.29, 0.717) is 12.2 Å². The summed E-state index contributed by atoms with van der Waals surface area (Å²) in [5, 5.41) is 0. The van der Waals surface area contributed by atoms with Crippen molar-refractivity contribution >= 4 is 24.0 Å². The van der Waals surface area contributed by atoms with E-state index in [-0.39, 0.29) is 24.7 Å². The highest BCUT2D eigenvalue weighted by atomic mass is 35.5. The summed E-state index contributed by atoms with van der Waals surface area (Å²) in [6, 6.07) is 11.2. The van der Waals surface area contributed by atoms with Crippen LogP contribution in [0.25, 0.3) is 0 Å². The summed E-state index contributed by atoms with van der Waals surface area (Å²) in [6.07, 6.45) is 1.83. The van der Waals surface area contributed by atoms with Gasteiger partial charge in [0.1, 0.15) is 5.75 Å². The van der Waals surface area contributed by atoms with Gasteiger partial charge < -0.3 is 15.4 Å². The summed E-state index contributed by atoms with van der Waals surface area (Å²) >= 11 is 0. The third-order valence-electron chi connectivity index (χ3n) is 3.18. The monoisotopic (exact) mass is 321 g/mol. The second-order valence-corrected chi connectivity index (χ2v) is 4.86. The average Bonchev–Trinajstić information content (AvgIpc) is 2.50. The Morgan fingerprint density at radius 1 is 1.23 bits per heavy atom. The number of nitrogen functional groups attached to an aromatic ring is 1. The molecule has 1 aromatic carbocycles. The molecule has 2 aromatic rings. The zero-order valence-corrected chi connectivity index (χ0v) is 13.5. The van der Waals surface area contributed by atoms with Crippen LogP contribution in [0, 0.1) is 0 Å². The molecule has 0 atom stereocenters. The fourth-order valence-electron chi connectivity index (χ4n) is 1.92. The number of ether oxygens (including phenoxy) is 1. The number of pyridine rings is 1. The summed E-state index contributed by atoms with van der Waals surface area (Å²) in [4.78, 5) is 18.0. The number of hydrogen-bond donors (Lipinski definition) is 1. The Morgan fingerprint density at radius 3 is 2.45 bits per heavy atom. The van der Waals surface area contributed by atoms with E-state index in [0.717, 1.165) is 17.0 Å². The standard InChI is InChI=1S/C16H19N3O2.ClH/c1-19(11-12-3-7-15(21-2)8-4-12)16(20)9-14-6-5-13(17)10-18-14;/h3-8,10H,9,11,17H2,1-2H3;1H. The number of benzene rings is 1. The molecule has 22 heavy (non-hydrogen) atoms. The normalized spacial score (nSPS) is 9.73. The zero-order valence-electron chi connectivity index (χ0n) is 12.7. The van der Waals surface area contributed by atoms with E-state index in [9.17, 15) is 4.79 Å². The van der Waals surface area contributed by atoms with Crippen molar-refractivity contribution in [3.8, 4) is 5.75 Å². The number of carbonyl (C=O) groups excluding carboxylic acids is 1. The van der Waals surface area contributed by atoms with Crippen molar-refractivity contribution in [3.05, 3.63) is 53.9 Å². The lowest BCUT2D eigenvalue weighted by molar-refractivity contribution is -0.129. The van der Waals surface area contributed by atoms with Crippen molar-refractivity contribution in [2.75, 3.05) is 19.9 Å². The molecular formula is C16H20ClN3O2. The quantitative estimate of drug-likeness (QED) is 0.917. The first-order valence-electron chi connectivity index (χ1n) is 6.66. The predicted octanol–water partition coefficient (Wildman–Crippen LogP) is 2.30. The summed E-state index contributed by atoms with van der Waals surface area (Å²) in [5.41, 5.74) is 7.94. The molecule has 0 spiro atoms. The van der Waals surface area contributed by atoms with Crippen LogP contribution in [0.2, 0.25) is 0 Å². The van der Waals surface area contributed by atoms with Gasteiger partial charge in [0.05, 0.1) is 25.4 Å². The Bertz CT molecular complexity index is 600. The Balaban J connectivity index is 0.00000242. The molecule has 0 aliphatic carbocycles. The predicted molar refractivity (Wildman–Crippen MR) is 89.1 cm³/mol. The topological polar surface area (TPSA) is 68.5 Å². The van der Waals surface area contributed by atoms with E-state index in [4.69, 9.17) is 10.5 Å². The highest BCUT2D eigenvalue weighted by molar-refractivity contribution is 5.85. The number of carbonyl (C=O) groups is 1. The molecular weight excluding hydrogens is 302 g/mol. The first-order chi connectivity index (χ1) is 10.1. The maximum Gasteiger partial charge on any atom is 0.228 e. The number of aromatic nitrogens is 1. The van der Waals surface area contributed by atoms with E-state index < -0.39 is 0 Å². The number of methoxy groups -OCH3 is 1. The molecule has 0 unspecified atom stereocenters. The smallest absolute Gasteiger partial charge is 0.228 e. The molecule has 6 heteroatoms. The van der Waals surface area contributed by atoms with Gasteiger partial charge in [0.2, 0.25) is 5.91 Å². The SMILES string of the molecule is COc1ccc(CN(C)C(=O)Cc2ccc(N)cn2)cc1.Cl. The Morgan fingerprint density at radius 2 is 1.91 bits per heavy atom. The van der Waals surface area contributed by atoms with Crippen molar-refractivity contribution in [1.82, 2.24) is 9.88 Å². The number of nitrogens with zero attached hydrogens (tertiary/aromatic N) is 2. The van der Waals surface area contributed by atoms with Crippen LogP contribution in [-0.2, 0) is 17.8 Å². The Kier molecular flexibility index (Phi) is 6.66. The van der Waals surface area contributed by atoms with Crippen LogP contribution in [0.3, 0.4) is 0 Å². The van der Waals surface area contributed by atoms with Gasteiger partial charge in [0, 0.05) is 19.3 Å². The van der Waals surface area contributed by atoms with E-state index >= 15 is 0 Å². The van der Waals surface area contributed by atoms with Gasteiger partial charge in [-0.3, -0.25) is 9.78 Å². The van der Waals surface area contributed by atoms with Gasteiger partial charge in [-0.1, -0.05) is 12.1 Å². The molecule has 0 bridgehead atoms. The van der Waals surface area contributed by atoms with Crippen molar-refractivity contribution in [2.45, 2.75) is 13.0 Å². The summed E-state index contributed by atoms with van der Waals surface area (Å²) < 4.78 is 5.11. The number of amides is 1. The van der Waals surface area contributed by atoms with Crippen molar-refractivity contribution in [1.29, 1.82) is 0 Å². The van der Waals surface area contributed by atoms with Gasteiger partial charge in [-0.15, -0.1) is 12.4 Å². The van der Waals surface area contributed by atoms with Crippen LogP contribution >= 0.6 is 12.4 Å². The molecule has 0 aliphatic heterocycles. The average molecular weight is 322 g/mol. The molecule has 0 saturated carbocycles. The molecule has 1 heterocycles. The fourth-order valence-corrected chi connectivity index (χ4v) is 1.92. The van der Waals surface area contributed by atoms with Crippen LogP contribution in [0.5, 0.6) is 5.75 Å². The van der Waals surface area contributed by atoms with Crippen LogP contribution in [0.4, 0.5) is 5.69 Å². The number of nitrogens with two attached hydrogens (primary N) is 1. The summed E-state index contributed by atoms with van der Waals surface area (Å²) in [7, 11) is 3.41. The highest BCUT2D eigenvalue weighted by Gasteiger charge is 2.11. The van der Waals surface area contributed by atoms with E-state index in [1.54, 1.807) is 37.4 Å². The first kappa shape index (κ1) is 17.8.